The number of pyridine rings is 1. The fourth-order valence-corrected chi connectivity index (χ4v) is 1.89. The maximum atomic E-state index is 12.0. The molecule has 1 amide bonds. The minimum atomic E-state index is -1.19. The molecule has 21 heavy (non-hydrogen) atoms. The number of hydrogen-bond acceptors (Lipinski definition) is 4. The summed E-state index contributed by atoms with van der Waals surface area (Å²) in [6, 6.07) is 10.2. The molecule has 0 atom stereocenters. The molecular formula is C15H14N2O4. The number of amides is 1. The Bertz CT molecular complexity index is 670. The number of carboxylic acid groups (broad SMARTS) is 1. The number of anilines is 1. The van der Waals surface area contributed by atoms with Crippen molar-refractivity contribution in [3.05, 3.63) is 53.9 Å². The lowest BCUT2D eigenvalue weighted by Crippen LogP contribution is -2.17. The summed E-state index contributed by atoms with van der Waals surface area (Å²) in [5.41, 5.74) is 0.703. The second kappa shape index (κ2) is 6.51. The molecule has 0 fully saturated rings. The number of nitrogens with one attached hydrogen (secondary N) is 1. The van der Waals surface area contributed by atoms with Crippen LogP contribution in [0.4, 0.5) is 5.69 Å². The summed E-state index contributed by atoms with van der Waals surface area (Å²) in [4.78, 5) is 26.8. The predicted molar refractivity (Wildman–Crippen MR) is 76.5 cm³/mol. The Morgan fingerprint density at radius 2 is 2.00 bits per heavy atom. The van der Waals surface area contributed by atoms with Crippen molar-refractivity contribution >= 4 is 17.6 Å². The first-order valence-electron chi connectivity index (χ1n) is 6.22. The maximum Gasteiger partial charge on any atom is 0.356 e. The molecule has 2 N–H and O–H groups in total. The minimum Gasteiger partial charge on any atom is -0.496 e. The molecular weight excluding hydrogens is 272 g/mol. The molecule has 1 aromatic carbocycles. The van der Waals surface area contributed by atoms with E-state index < -0.39 is 5.97 Å². The van der Waals surface area contributed by atoms with E-state index >= 15 is 0 Å². The van der Waals surface area contributed by atoms with E-state index in [1.165, 1.54) is 19.4 Å². The van der Waals surface area contributed by atoms with Crippen molar-refractivity contribution in [3.8, 4) is 5.75 Å². The first-order valence-corrected chi connectivity index (χ1v) is 6.22. The van der Waals surface area contributed by atoms with Crippen molar-refractivity contribution in [1.82, 2.24) is 4.98 Å². The molecule has 6 heteroatoms. The average molecular weight is 286 g/mol. The fraction of sp³-hybridized carbons (Fsp3) is 0.133. The molecule has 0 aliphatic carbocycles. The molecule has 1 aromatic heterocycles. The standard InChI is InChI=1S/C15H14N2O4/c1-21-12-7-3-2-5-10(12)9-13(18)17-11-6-4-8-16-14(11)15(19)20/h2-8H,9H2,1H3,(H,17,18)(H,19,20). The van der Waals surface area contributed by atoms with Gasteiger partial charge in [-0.1, -0.05) is 18.2 Å². The number of nitrogens with zero attached hydrogens (tertiary/aromatic N) is 1. The van der Waals surface area contributed by atoms with Gasteiger partial charge < -0.3 is 15.2 Å². The number of carbonyl (C=O) groups is 2. The number of para-hydroxylation sites is 1. The smallest absolute Gasteiger partial charge is 0.356 e. The summed E-state index contributed by atoms with van der Waals surface area (Å²) < 4.78 is 5.17. The van der Waals surface area contributed by atoms with E-state index in [1.807, 2.05) is 6.07 Å². The number of benzene rings is 1. The Kier molecular flexibility index (Phi) is 4.50. The van der Waals surface area contributed by atoms with Crippen LogP contribution in [0.25, 0.3) is 0 Å². The van der Waals surface area contributed by atoms with Crippen LogP contribution in [-0.2, 0) is 11.2 Å². The quantitative estimate of drug-likeness (QED) is 0.877. The average Bonchev–Trinajstić information content (AvgIpc) is 2.48. The van der Waals surface area contributed by atoms with Gasteiger partial charge in [0.15, 0.2) is 5.69 Å². The second-order valence-corrected chi connectivity index (χ2v) is 4.24. The van der Waals surface area contributed by atoms with E-state index in [9.17, 15) is 9.59 Å². The summed E-state index contributed by atoms with van der Waals surface area (Å²) in [5, 5.41) is 11.6. The molecule has 6 nitrogen and oxygen atoms in total. The van der Waals surface area contributed by atoms with Crippen molar-refractivity contribution in [3.63, 3.8) is 0 Å². The summed E-state index contributed by atoms with van der Waals surface area (Å²) in [5.74, 6) is -0.921. The number of methoxy groups -OCH3 is 1. The molecule has 0 aliphatic rings. The molecule has 0 radical (unpaired) electrons. The van der Waals surface area contributed by atoms with Crippen LogP contribution in [0.15, 0.2) is 42.6 Å². The van der Waals surface area contributed by atoms with E-state index in [4.69, 9.17) is 9.84 Å². The zero-order valence-corrected chi connectivity index (χ0v) is 11.4. The van der Waals surface area contributed by atoms with Crippen molar-refractivity contribution in [1.29, 1.82) is 0 Å². The van der Waals surface area contributed by atoms with Gasteiger partial charge in [0.25, 0.3) is 0 Å². The van der Waals surface area contributed by atoms with Crippen LogP contribution in [0.3, 0.4) is 0 Å². The van der Waals surface area contributed by atoms with E-state index in [0.29, 0.717) is 5.75 Å². The fourth-order valence-electron chi connectivity index (χ4n) is 1.89. The Morgan fingerprint density at radius 1 is 1.24 bits per heavy atom. The van der Waals surface area contributed by atoms with Gasteiger partial charge >= 0.3 is 5.97 Å². The number of rotatable bonds is 5. The topological polar surface area (TPSA) is 88.5 Å². The van der Waals surface area contributed by atoms with Crippen LogP contribution in [0.5, 0.6) is 5.75 Å². The van der Waals surface area contributed by atoms with Crippen LogP contribution in [0.2, 0.25) is 0 Å². The zero-order chi connectivity index (χ0) is 15.2. The minimum absolute atomic E-state index is 0.0813. The van der Waals surface area contributed by atoms with E-state index in [-0.39, 0.29) is 23.7 Å². The lowest BCUT2D eigenvalue weighted by Gasteiger charge is -2.10. The highest BCUT2D eigenvalue weighted by atomic mass is 16.5. The second-order valence-electron chi connectivity index (χ2n) is 4.24. The van der Waals surface area contributed by atoms with Crippen LogP contribution < -0.4 is 10.1 Å². The van der Waals surface area contributed by atoms with Gasteiger partial charge in [-0.2, -0.15) is 0 Å². The number of hydrogen-bond donors (Lipinski definition) is 2. The number of aromatic nitrogens is 1. The third-order valence-corrected chi connectivity index (χ3v) is 2.83. The number of aromatic carboxylic acids is 1. The van der Waals surface area contributed by atoms with Gasteiger partial charge in [0.1, 0.15) is 5.75 Å². The molecule has 108 valence electrons. The maximum absolute atomic E-state index is 12.0. The first kappa shape index (κ1) is 14.5. The molecule has 2 aromatic rings. The third kappa shape index (κ3) is 3.56. The van der Waals surface area contributed by atoms with Crippen LogP contribution in [-0.4, -0.2) is 29.1 Å². The molecule has 0 saturated heterocycles. The summed E-state index contributed by atoms with van der Waals surface area (Å²) >= 11 is 0. The summed E-state index contributed by atoms with van der Waals surface area (Å²) in [6.45, 7) is 0. The number of ether oxygens (including phenoxy) is 1. The highest BCUT2D eigenvalue weighted by Crippen LogP contribution is 2.19. The predicted octanol–water partition coefficient (Wildman–Crippen LogP) is 1.97. The SMILES string of the molecule is COc1ccccc1CC(=O)Nc1cccnc1C(=O)O. The highest BCUT2D eigenvalue weighted by Gasteiger charge is 2.14. The Balaban J connectivity index is 2.14. The lowest BCUT2D eigenvalue weighted by molar-refractivity contribution is -0.115. The Hall–Kier alpha value is -2.89. The van der Waals surface area contributed by atoms with Crippen molar-refractivity contribution in [2.24, 2.45) is 0 Å². The Morgan fingerprint density at radius 3 is 2.71 bits per heavy atom. The van der Waals surface area contributed by atoms with E-state index in [0.717, 1.165) is 5.56 Å². The number of carbonyl (C=O) groups excluding carboxylic acids is 1. The zero-order valence-electron chi connectivity index (χ0n) is 11.4. The van der Waals surface area contributed by atoms with E-state index in [2.05, 4.69) is 10.3 Å². The van der Waals surface area contributed by atoms with Crippen LogP contribution >= 0.6 is 0 Å². The summed E-state index contributed by atoms with van der Waals surface area (Å²) in [6.07, 6.45) is 1.44. The van der Waals surface area contributed by atoms with Gasteiger partial charge in [-0.05, 0) is 18.2 Å². The molecule has 0 unspecified atom stereocenters. The largest absolute Gasteiger partial charge is 0.496 e. The Labute approximate surface area is 121 Å². The molecule has 0 saturated carbocycles. The van der Waals surface area contributed by atoms with Gasteiger partial charge in [0.2, 0.25) is 5.91 Å². The molecule has 2 rings (SSSR count). The van der Waals surface area contributed by atoms with Crippen LogP contribution in [0, 0.1) is 0 Å². The first-order chi connectivity index (χ1) is 10.1. The van der Waals surface area contributed by atoms with Gasteiger partial charge in [0, 0.05) is 11.8 Å². The van der Waals surface area contributed by atoms with Gasteiger partial charge in [-0.25, -0.2) is 9.78 Å². The van der Waals surface area contributed by atoms with Crippen molar-refractivity contribution in [2.75, 3.05) is 12.4 Å². The monoisotopic (exact) mass is 286 g/mol. The van der Waals surface area contributed by atoms with Crippen molar-refractivity contribution < 1.29 is 19.4 Å². The van der Waals surface area contributed by atoms with Gasteiger partial charge in [0.05, 0.1) is 19.2 Å². The molecule has 0 bridgehead atoms. The molecule has 0 aliphatic heterocycles. The molecule has 1 heterocycles. The summed E-state index contributed by atoms with van der Waals surface area (Å²) in [7, 11) is 1.53. The van der Waals surface area contributed by atoms with E-state index in [1.54, 1.807) is 24.3 Å². The molecule has 0 spiro atoms. The van der Waals surface area contributed by atoms with Gasteiger partial charge in [-0.15, -0.1) is 0 Å². The van der Waals surface area contributed by atoms with Crippen molar-refractivity contribution in [2.45, 2.75) is 6.42 Å². The third-order valence-electron chi connectivity index (χ3n) is 2.83. The highest BCUT2D eigenvalue weighted by molar-refractivity contribution is 5.99. The lowest BCUT2D eigenvalue weighted by atomic mass is 10.1. The number of carboxylic acids is 1. The van der Waals surface area contributed by atoms with Gasteiger partial charge in [-0.3, -0.25) is 4.79 Å². The normalized spacial score (nSPS) is 9.95. The van der Waals surface area contributed by atoms with Crippen LogP contribution in [0.1, 0.15) is 16.1 Å².